The summed E-state index contributed by atoms with van der Waals surface area (Å²) in [5.41, 5.74) is 1.48. The second kappa shape index (κ2) is 17.7. The Balaban J connectivity index is 1.80. The third-order valence-corrected chi connectivity index (χ3v) is 11.8. The van der Waals surface area contributed by atoms with Crippen LogP contribution in [0.4, 0.5) is 0 Å². The van der Waals surface area contributed by atoms with E-state index in [0.717, 1.165) is 0 Å². The van der Waals surface area contributed by atoms with Crippen molar-refractivity contribution in [2.75, 3.05) is 0 Å². The van der Waals surface area contributed by atoms with E-state index in [1.807, 2.05) is 0 Å². The second-order valence-electron chi connectivity index (χ2n) is 7.39. The molecule has 0 N–H and O–H groups in total. The predicted octanol–water partition coefficient (Wildman–Crippen LogP) is 8.55. The van der Waals surface area contributed by atoms with E-state index < -0.39 is 19.1 Å². The van der Waals surface area contributed by atoms with Crippen LogP contribution < -0.4 is 0 Å². The molecule has 0 aliphatic carbocycles. The summed E-state index contributed by atoms with van der Waals surface area (Å²) in [6.45, 7) is 2.29. The summed E-state index contributed by atoms with van der Waals surface area (Å²) < 4.78 is 2.79. The molecule has 0 aromatic heterocycles. The maximum atomic E-state index is 6.67. The van der Waals surface area contributed by atoms with Gasteiger partial charge in [-0.15, -0.1) is 0 Å². The van der Waals surface area contributed by atoms with Gasteiger partial charge in [0.25, 0.3) is 0 Å². The predicted molar refractivity (Wildman–Crippen MR) is 117 cm³/mol. The molecule has 0 radical (unpaired) electrons. The monoisotopic (exact) mass is 472 g/mol. The van der Waals surface area contributed by atoms with E-state index in [0.29, 0.717) is 0 Å². The van der Waals surface area contributed by atoms with E-state index in [4.69, 9.17) is 8.83 Å². The van der Waals surface area contributed by atoms with Gasteiger partial charge in [0.05, 0.1) is 0 Å². The summed E-state index contributed by atoms with van der Waals surface area (Å²) in [5.74, 6) is 0. The molecule has 0 heterocycles. The van der Waals surface area contributed by atoms with Crippen molar-refractivity contribution in [2.24, 2.45) is 0 Å². The van der Waals surface area contributed by atoms with Crippen molar-refractivity contribution in [3.05, 3.63) is 35.9 Å². The zero-order valence-corrected chi connectivity index (χ0v) is 19.8. The molecule has 1 aromatic carbocycles. The summed E-state index contributed by atoms with van der Waals surface area (Å²) in [5, 5.41) is 0. The van der Waals surface area contributed by atoms with Gasteiger partial charge in [0.2, 0.25) is 0 Å². The van der Waals surface area contributed by atoms with E-state index in [1.165, 1.54) is 104 Å². The molecule has 0 unspecified atom stereocenters. The molecule has 1 aromatic rings. The molecule has 25 heavy (non-hydrogen) atoms. The fourth-order valence-corrected chi connectivity index (χ4v) is 8.79. The minimum absolute atomic E-state index is 1.23. The van der Waals surface area contributed by atoms with Crippen LogP contribution in [0.15, 0.2) is 30.3 Å². The summed E-state index contributed by atoms with van der Waals surface area (Å²) in [4.78, 5) is 0. The first-order valence-corrected chi connectivity index (χ1v) is 17.6. The SMILES string of the molecule is CCCCCCCCCCC[CH2][Sb]([Cl])[CH2]CCCCc1ccccc1. The van der Waals surface area contributed by atoms with Gasteiger partial charge in [0.1, 0.15) is 0 Å². The summed E-state index contributed by atoms with van der Waals surface area (Å²) in [7, 11) is 6.67. The number of benzene rings is 1. The van der Waals surface area contributed by atoms with E-state index in [1.54, 1.807) is 0 Å². The first kappa shape index (κ1) is 23.4. The van der Waals surface area contributed by atoms with Crippen LogP contribution in [0.2, 0.25) is 8.73 Å². The van der Waals surface area contributed by atoms with Crippen LogP contribution in [0.25, 0.3) is 0 Å². The summed E-state index contributed by atoms with van der Waals surface area (Å²) >= 11 is -1.35. The molecule has 0 aliphatic rings. The number of rotatable bonds is 17. The van der Waals surface area contributed by atoms with E-state index in [-0.39, 0.29) is 0 Å². The molecule has 0 amide bonds. The molecular weight excluding hydrogens is 433 g/mol. The molecule has 0 spiro atoms. The Bertz CT molecular complexity index is 379. The Morgan fingerprint density at radius 2 is 1.12 bits per heavy atom. The zero-order chi connectivity index (χ0) is 18.0. The second-order valence-corrected chi connectivity index (χ2v) is 15.8. The zero-order valence-electron chi connectivity index (χ0n) is 16.5. The van der Waals surface area contributed by atoms with Crippen molar-refractivity contribution >= 4 is 27.9 Å². The van der Waals surface area contributed by atoms with Crippen molar-refractivity contribution in [2.45, 2.75) is 106 Å². The third kappa shape index (κ3) is 15.1. The van der Waals surface area contributed by atoms with Gasteiger partial charge in [-0.2, -0.15) is 0 Å². The number of halogens is 1. The van der Waals surface area contributed by atoms with Gasteiger partial charge in [-0.3, -0.25) is 0 Å². The molecule has 0 fully saturated rings. The average molecular weight is 474 g/mol. The van der Waals surface area contributed by atoms with Gasteiger partial charge in [-0.05, 0) is 0 Å². The van der Waals surface area contributed by atoms with Crippen molar-refractivity contribution in [1.29, 1.82) is 0 Å². The van der Waals surface area contributed by atoms with E-state index >= 15 is 0 Å². The van der Waals surface area contributed by atoms with Gasteiger partial charge in [0.15, 0.2) is 0 Å². The fourth-order valence-electron chi connectivity index (χ4n) is 3.32. The number of aryl methyl sites for hydroxylation is 1. The quantitative estimate of drug-likeness (QED) is 0.157. The minimum atomic E-state index is -1.35. The molecule has 0 saturated carbocycles. The standard InChI is InChI=1S/C12H25.C11H15.ClH.Sb/c1-3-5-7-9-11-12-10-8-6-4-2;1-2-3-5-8-11-9-6-4-7-10-11;;/h1,3-12H2,2H3;4,6-7,9-10H,1-3,5,8H2;1H;/q;;;+1/p-1. The van der Waals surface area contributed by atoms with Gasteiger partial charge in [-0.1, -0.05) is 0 Å². The fraction of sp³-hybridized carbons (Fsp3) is 0.739. The topological polar surface area (TPSA) is 0 Å². The molecule has 1 rings (SSSR count). The van der Waals surface area contributed by atoms with E-state index in [9.17, 15) is 0 Å². The summed E-state index contributed by atoms with van der Waals surface area (Å²) in [6.07, 6.45) is 19.6. The number of unbranched alkanes of at least 4 members (excludes halogenated alkanes) is 11. The summed E-state index contributed by atoms with van der Waals surface area (Å²) in [6, 6.07) is 10.9. The average Bonchev–Trinajstić information content (AvgIpc) is 2.64. The Labute approximate surface area is 168 Å². The Morgan fingerprint density at radius 1 is 0.640 bits per heavy atom. The number of hydrogen-bond acceptors (Lipinski definition) is 0. The molecule has 0 saturated heterocycles. The first-order valence-electron chi connectivity index (χ1n) is 10.8. The van der Waals surface area contributed by atoms with Crippen LogP contribution in [-0.2, 0) is 6.42 Å². The Morgan fingerprint density at radius 3 is 1.68 bits per heavy atom. The van der Waals surface area contributed by atoms with Gasteiger partial charge >= 0.3 is 169 Å². The molecule has 2 heteroatoms. The van der Waals surface area contributed by atoms with Gasteiger partial charge in [0, 0.05) is 0 Å². The van der Waals surface area contributed by atoms with Crippen LogP contribution in [0, 0.1) is 0 Å². The van der Waals surface area contributed by atoms with Crippen molar-refractivity contribution in [3.8, 4) is 0 Å². The van der Waals surface area contributed by atoms with Crippen LogP contribution in [-0.4, -0.2) is 19.1 Å². The molecule has 0 aliphatic heterocycles. The Kier molecular flexibility index (Phi) is 16.6. The van der Waals surface area contributed by atoms with Crippen molar-refractivity contribution in [3.63, 3.8) is 0 Å². The first-order chi connectivity index (χ1) is 12.3. The van der Waals surface area contributed by atoms with Crippen LogP contribution in [0.5, 0.6) is 0 Å². The van der Waals surface area contributed by atoms with E-state index in [2.05, 4.69) is 37.3 Å². The van der Waals surface area contributed by atoms with Crippen molar-refractivity contribution < 1.29 is 0 Å². The van der Waals surface area contributed by atoms with Gasteiger partial charge < -0.3 is 0 Å². The third-order valence-electron chi connectivity index (χ3n) is 4.96. The maximum absolute atomic E-state index is 6.67. The van der Waals surface area contributed by atoms with Gasteiger partial charge in [-0.25, -0.2) is 0 Å². The molecule has 0 nitrogen and oxygen atoms in total. The van der Waals surface area contributed by atoms with Crippen LogP contribution in [0.1, 0.15) is 96.0 Å². The van der Waals surface area contributed by atoms with Crippen LogP contribution >= 0.6 is 8.83 Å². The molecular formula is C23H40ClSb. The molecule has 144 valence electrons. The molecule has 0 bridgehead atoms. The number of hydrogen-bond donors (Lipinski definition) is 0. The normalized spacial score (nSPS) is 11.3. The van der Waals surface area contributed by atoms with Crippen LogP contribution in [0.3, 0.4) is 0 Å². The molecule has 0 atom stereocenters. The Hall–Kier alpha value is 0.328. The van der Waals surface area contributed by atoms with Crippen molar-refractivity contribution in [1.82, 2.24) is 0 Å².